The molecule has 0 rings (SSSR count). The van der Waals surface area contributed by atoms with E-state index in [1.807, 2.05) is 18.9 Å². The van der Waals surface area contributed by atoms with Gasteiger partial charge in [0.05, 0.1) is 0 Å². The Balaban J connectivity index is 3.63. The summed E-state index contributed by atoms with van der Waals surface area (Å²) in [5.74, 6) is 0. The van der Waals surface area contributed by atoms with Gasteiger partial charge in [-0.1, -0.05) is 6.92 Å². The zero-order chi connectivity index (χ0) is 8.85. The van der Waals surface area contributed by atoms with Crippen LogP contribution >= 0.6 is 0 Å². The molecule has 0 aliphatic rings. The lowest BCUT2D eigenvalue weighted by molar-refractivity contribution is 0.348. The molecule has 11 heavy (non-hydrogen) atoms. The quantitative estimate of drug-likeness (QED) is 0.615. The van der Waals surface area contributed by atoms with Crippen LogP contribution in [-0.4, -0.2) is 25.0 Å². The van der Waals surface area contributed by atoms with Crippen molar-refractivity contribution in [2.45, 2.75) is 20.3 Å². The molecule has 3 heteroatoms. The van der Waals surface area contributed by atoms with E-state index in [9.17, 15) is 8.78 Å². The lowest BCUT2D eigenvalue weighted by Crippen LogP contribution is -2.18. The first-order valence-corrected chi connectivity index (χ1v) is 3.77. The van der Waals surface area contributed by atoms with Gasteiger partial charge in [-0.15, -0.1) is 0 Å². The van der Waals surface area contributed by atoms with E-state index < -0.39 is 6.08 Å². The van der Waals surface area contributed by atoms with Crippen molar-refractivity contribution >= 4 is 0 Å². The standard InChI is InChI=1S/C8H15F2N/c1-4-11(3)6-5-7(2)8(9)10/h4-6H2,1-3H3. The van der Waals surface area contributed by atoms with Gasteiger partial charge in [0, 0.05) is 6.54 Å². The minimum absolute atomic E-state index is 0.199. The van der Waals surface area contributed by atoms with Crippen molar-refractivity contribution in [3.05, 3.63) is 11.7 Å². The van der Waals surface area contributed by atoms with Crippen molar-refractivity contribution in [3.8, 4) is 0 Å². The van der Waals surface area contributed by atoms with Gasteiger partial charge >= 0.3 is 0 Å². The highest BCUT2D eigenvalue weighted by Crippen LogP contribution is 2.10. The molecule has 0 aromatic rings. The second-order valence-corrected chi connectivity index (χ2v) is 2.69. The SMILES string of the molecule is CCN(C)CCC(C)=C(F)F. The molecular formula is C8H15F2N. The maximum absolute atomic E-state index is 11.8. The zero-order valence-electron chi connectivity index (χ0n) is 7.32. The van der Waals surface area contributed by atoms with E-state index in [2.05, 4.69) is 0 Å². The minimum atomic E-state index is -1.53. The molecule has 66 valence electrons. The number of hydrogen-bond donors (Lipinski definition) is 0. The first-order valence-electron chi connectivity index (χ1n) is 3.77. The molecule has 0 unspecified atom stereocenters. The molecule has 0 saturated heterocycles. The summed E-state index contributed by atoms with van der Waals surface area (Å²) in [6, 6.07) is 0. The molecule has 0 aliphatic carbocycles. The van der Waals surface area contributed by atoms with Gasteiger partial charge in [0.1, 0.15) is 0 Å². The summed E-state index contributed by atoms with van der Waals surface area (Å²) in [6.45, 7) is 5.09. The van der Waals surface area contributed by atoms with Crippen LogP contribution in [0.5, 0.6) is 0 Å². The Kier molecular flexibility index (Phi) is 5.03. The van der Waals surface area contributed by atoms with Crippen molar-refractivity contribution in [1.82, 2.24) is 4.90 Å². The lowest BCUT2D eigenvalue weighted by atomic mass is 10.2. The first-order chi connectivity index (χ1) is 5.07. The van der Waals surface area contributed by atoms with Crippen molar-refractivity contribution in [2.75, 3.05) is 20.1 Å². The molecule has 0 bridgehead atoms. The number of hydrogen-bond acceptors (Lipinski definition) is 1. The van der Waals surface area contributed by atoms with Gasteiger partial charge in [-0.25, -0.2) is 0 Å². The van der Waals surface area contributed by atoms with Crippen molar-refractivity contribution in [2.24, 2.45) is 0 Å². The van der Waals surface area contributed by atoms with Gasteiger partial charge < -0.3 is 4.90 Å². The van der Waals surface area contributed by atoms with Gasteiger partial charge in [0.15, 0.2) is 0 Å². The Morgan fingerprint density at radius 3 is 2.27 bits per heavy atom. The third kappa shape index (κ3) is 4.90. The molecule has 0 radical (unpaired) electrons. The molecule has 0 heterocycles. The summed E-state index contributed by atoms with van der Waals surface area (Å²) >= 11 is 0. The molecular weight excluding hydrogens is 148 g/mol. The molecule has 0 spiro atoms. The molecule has 0 aromatic heterocycles. The molecule has 0 fully saturated rings. The maximum atomic E-state index is 11.8. The summed E-state index contributed by atoms with van der Waals surface area (Å²) in [4.78, 5) is 2.01. The van der Waals surface area contributed by atoms with Crippen molar-refractivity contribution in [1.29, 1.82) is 0 Å². The number of halogens is 2. The lowest BCUT2D eigenvalue weighted by Gasteiger charge is -2.12. The van der Waals surface area contributed by atoms with E-state index in [0.29, 0.717) is 13.0 Å². The first kappa shape index (κ1) is 10.6. The predicted molar refractivity (Wildman–Crippen MR) is 42.7 cm³/mol. The molecule has 1 nitrogen and oxygen atoms in total. The van der Waals surface area contributed by atoms with E-state index in [-0.39, 0.29) is 5.57 Å². The van der Waals surface area contributed by atoms with Crippen LogP contribution in [-0.2, 0) is 0 Å². The van der Waals surface area contributed by atoms with Crippen LogP contribution in [0, 0.1) is 0 Å². The van der Waals surface area contributed by atoms with Crippen LogP contribution in [0.15, 0.2) is 11.7 Å². The fourth-order valence-electron chi connectivity index (χ4n) is 0.611. The monoisotopic (exact) mass is 163 g/mol. The van der Waals surface area contributed by atoms with E-state index in [4.69, 9.17) is 0 Å². The highest BCUT2D eigenvalue weighted by Gasteiger charge is 2.00. The predicted octanol–water partition coefficient (Wildman–Crippen LogP) is 2.50. The number of nitrogens with zero attached hydrogens (tertiary/aromatic N) is 1. The highest BCUT2D eigenvalue weighted by atomic mass is 19.3. The second-order valence-electron chi connectivity index (χ2n) is 2.69. The van der Waals surface area contributed by atoms with Crippen LogP contribution in [0.3, 0.4) is 0 Å². The Labute approximate surface area is 66.7 Å². The summed E-state index contributed by atoms with van der Waals surface area (Å²) in [5, 5.41) is 0. The molecule has 0 amide bonds. The van der Waals surface area contributed by atoms with Gasteiger partial charge in [0.25, 0.3) is 6.08 Å². The van der Waals surface area contributed by atoms with Gasteiger partial charge in [-0.3, -0.25) is 0 Å². The summed E-state index contributed by atoms with van der Waals surface area (Å²) in [7, 11) is 1.92. The molecule has 0 aliphatic heterocycles. The third-order valence-corrected chi connectivity index (χ3v) is 1.73. The Hall–Kier alpha value is -0.440. The van der Waals surface area contributed by atoms with Crippen LogP contribution < -0.4 is 0 Å². The topological polar surface area (TPSA) is 3.24 Å². The normalized spacial score (nSPS) is 10.4. The highest BCUT2D eigenvalue weighted by molar-refractivity contribution is 4.98. The van der Waals surface area contributed by atoms with Crippen LogP contribution in [0.25, 0.3) is 0 Å². The Bertz CT molecular complexity index is 139. The van der Waals surface area contributed by atoms with Gasteiger partial charge in [-0.05, 0) is 32.5 Å². The number of rotatable bonds is 4. The molecule has 0 saturated carbocycles. The Morgan fingerprint density at radius 2 is 1.91 bits per heavy atom. The van der Waals surface area contributed by atoms with Crippen LogP contribution in [0.4, 0.5) is 8.78 Å². The van der Waals surface area contributed by atoms with Crippen molar-refractivity contribution in [3.63, 3.8) is 0 Å². The average Bonchev–Trinajstić information content (AvgIpc) is 1.99. The van der Waals surface area contributed by atoms with E-state index in [1.165, 1.54) is 6.92 Å². The Morgan fingerprint density at radius 1 is 1.36 bits per heavy atom. The smallest absolute Gasteiger partial charge is 0.269 e. The summed E-state index contributed by atoms with van der Waals surface area (Å²) < 4.78 is 23.7. The summed E-state index contributed by atoms with van der Waals surface area (Å²) in [5.41, 5.74) is 0.199. The fourth-order valence-corrected chi connectivity index (χ4v) is 0.611. The van der Waals surface area contributed by atoms with E-state index in [1.54, 1.807) is 0 Å². The second kappa shape index (κ2) is 5.24. The van der Waals surface area contributed by atoms with Gasteiger partial charge in [-0.2, -0.15) is 8.78 Å². The van der Waals surface area contributed by atoms with Crippen molar-refractivity contribution < 1.29 is 8.78 Å². The molecule has 0 atom stereocenters. The van der Waals surface area contributed by atoms with E-state index in [0.717, 1.165) is 6.54 Å². The maximum Gasteiger partial charge on any atom is 0.269 e. The summed E-state index contributed by atoms with van der Waals surface area (Å²) in [6.07, 6.45) is -1.07. The largest absolute Gasteiger partial charge is 0.306 e. The average molecular weight is 163 g/mol. The minimum Gasteiger partial charge on any atom is -0.306 e. The molecule has 0 aromatic carbocycles. The van der Waals surface area contributed by atoms with Crippen LogP contribution in [0.2, 0.25) is 0 Å². The third-order valence-electron chi connectivity index (χ3n) is 1.73. The molecule has 0 N–H and O–H groups in total. The van der Waals surface area contributed by atoms with Crippen LogP contribution in [0.1, 0.15) is 20.3 Å². The van der Waals surface area contributed by atoms with E-state index >= 15 is 0 Å². The zero-order valence-corrected chi connectivity index (χ0v) is 7.32. The fraction of sp³-hybridized carbons (Fsp3) is 0.750. The van der Waals surface area contributed by atoms with Gasteiger partial charge in [0.2, 0.25) is 0 Å².